The van der Waals surface area contributed by atoms with E-state index in [0.717, 1.165) is 11.3 Å². The summed E-state index contributed by atoms with van der Waals surface area (Å²) in [5, 5.41) is 6.92. The summed E-state index contributed by atoms with van der Waals surface area (Å²) in [5.74, 6) is -0.181. The van der Waals surface area contributed by atoms with Gasteiger partial charge in [0.1, 0.15) is 24.2 Å². The molecule has 1 aromatic heterocycles. The minimum Gasteiger partial charge on any atom is -0.478 e. The molecule has 0 atom stereocenters. The molecule has 0 fully saturated rings. The van der Waals surface area contributed by atoms with Gasteiger partial charge in [-0.15, -0.1) is 0 Å². The highest BCUT2D eigenvalue weighted by atomic mass is 19.1. The molecule has 0 aliphatic rings. The van der Waals surface area contributed by atoms with Gasteiger partial charge in [0, 0.05) is 6.54 Å². The Balaban J connectivity index is 1.57. The van der Waals surface area contributed by atoms with E-state index in [0.29, 0.717) is 12.3 Å². The van der Waals surface area contributed by atoms with E-state index in [1.807, 2.05) is 24.3 Å². The second-order valence-electron chi connectivity index (χ2n) is 6.26. The number of carbonyl (C=O) groups is 1. The number of hydrogen-bond acceptors (Lipinski definition) is 4. The average Bonchev–Trinajstić information content (AvgIpc) is 3.16. The number of benzene rings is 2. The van der Waals surface area contributed by atoms with Gasteiger partial charge in [-0.05, 0) is 55.8 Å². The predicted molar refractivity (Wildman–Crippen MR) is 94.3 cm³/mol. The normalized spacial score (nSPS) is 11.2. The maximum atomic E-state index is 13.0. The van der Waals surface area contributed by atoms with Gasteiger partial charge < -0.3 is 10.1 Å². The van der Waals surface area contributed by atoms with Gasteiger partial charge in [-0.1, -0.05) is 12.1 Å². The molecule has 3 rings (SSSR count). The van der Waals surface area contributed by atoms with Crippen molar-refractivity contribution in [3.63, 3.8) is 0 Å². The summed E-state index contributed by atoms with van der Waals surface area (Å²) in [4.78, 5) is 16.3. The van der Waals surface area contributed by atoms with Crippen LogP contribution in [0.15, 0.2) is 61.2 Å². The molecular weight excluding hydrogens is 335 g/mol. The molecule has 0 aliphatic carbocycles. The lowest BCUT2D eigenvalue weighted by molar-refractivity contribution is -0.134. The molecule has 6 nitrogen and oxygen atoms in total. The Morgan fingerprint density at radius 1 is 1.15 bits per heavy atom. The van der Waals surface area contributed by atoms with Crippen molar-refractivity contribution in [3.05, 3.63) is 72.6 Å². The Morgan fingerprint density at radius 2 is 1.85 bits per heavy atom. The lowest BCUT2D eigenvalue weighted by Crippen LogP contribution is -2.46. The molecule has 2 aromatic carbocycles. The van der Waals surface area contributed by atoms with Gasteiger partial charge in [-0.3, -0.25) is 4.79 Å². The lowest BCUT2D eigenvalue weighted by Gasteiger charge is -2.25. The van der Waals surface area contributed by atoms with Crippen LogP contribution in [0.3, 0.4) is 0 Å². The van der Waals surface area contributed by atoms with E-state index in [2.05, 4.69) is 15.4 Å². The van der Waals surface area contributed by atoms with Crippen LogP contribution >= 0.6 is 0 Å². The molecule has 7 heteroatoms. The van der Waals surface area contributed by atoms with Crippen molar-refractivity contribution in [2.24, 2.45) is 0 Å². The summed E-state index contributed by atoms with van der Waals surface area (Å²) < 4.78 is 20.3. The van der Waals surface area contributed by atoms with E-state index < -0.39 is 5.60 Å². The minimum atomic E-state index is -1.08. The summed E-state index contributed by atoms with van der Waals surface area (Å²) in [7, 11) is 0. The number of nitrogens with zero attached hydrogens (tertiary/aromatic N) is 3. The van der Waals surface area contributed by atoms with Gasteiger partial charge in [0.25, 0.3) is 5.91 Å². The van der Waals surface area contributed by atoms with Crippen LogP contribution in [-0.4, -0.2) is 26.3 Å². The average molecular weight is 354 g/mol. The van der Waals surface area contributed by atoms with Crippen LogP contribution in [0.25, 0.3) is 5.69 Å². The molecule has 0 saturated heterocycles. The van der Waals surface area contributed by atoms with Gasteiger partial charge in [0.2, 0.25) is 0 Å². The van der Waals surface area contributed by atoms with Gasteiger partial charge in [-0.2, -0.15) is 5.10 Å². The van der Waals surface area contributed by atoms with Crippen molar-refractivity contribution in [3.8, 4) is 11.4 Å². The summed E-state index contributed by atoms with van der Waals surface area (Å²) >= 11 is 0. The Labute approximate surface area is 150 Å². The van der Waals surface area contributed by atoms with Crippen LogP contribution in [0.4, 0.5) is 4.39 Å². The van der Waals surface area contributed by atoms with E-state index in [4.69, 9.17) is 4.74 Å². The standard InChI is InChI=1S/C19H19FN4O2/c1-19(2,26-17-9-5-15(20)6-10-17)18(25)22-11-14-3-7-16(8-4-14)24-13-21-12-23-24/h3-10,12-13H,11H2,1-2H3,(H,22,25). The SMILES string of the molecule is CC(C)(Oc1ccc(F)cc1)C(=O)NCc1ccc(-n2cncn2)cc1. The van der Waals surface area contributed by atoms with Crippen LogP contribution < -0.4 is 10.1 Å². The smallest absolute Gasteiger partial charge is 0.263 e. The first-order valence-electron chi connectivity index (χ1n) is 8.11. The highest BCUT2D eigenvalue weighted by Crippen LogP contribution is 2.19. The van der Waals surface area contributed by atoms with E-state index in [-0.39, 0.29) is 11.7 Å². The molecule has 0 unspecified atom stereocenters. The van der Waals surface area contributed by atoms with Gasteiger partial charge in [0.05, 0.1) is 5.69 Å². The number of rotatable bonds is 6. The molecule has 0 saturated carbocycles. The van der Waals surface area contributed by atoms with Crippen molar-refractivity contribution in [1.29, 1.82) is 0 Å². The molecule has 26 heavy (non-hydrogen) atoms. The number of aromatic nitrogens is 3. The third-order valence-corrected chi connectivity index (χ3v) is 3.81. The predicted octanol–water partition coefficient (Wildman–Crippen LogP) is 2.88. The molecule has 1 N–H and O–H groups in total. The van der Waals surface area contributed by atoms with Crippen molar-refractivity contribution in [1.82, 2.24) is 20.1 Å². The zero-order valence-electron chi connectivity index (χ0n) is 14.5. The van der Waals surface area contributed by atoms with Crippen LogP contribution in [0.2, 0.25) is 0 Å². The first-order valence-corrected chi connectivity index (χ1v) is 8.11. The monoisotopic (exact) mass is 354 g/mol. The first-order chi connectivity index (χ1) is 12.4. The largest absolute Gasteiger partial charge is 0.478 e. The van der Waals surface area contributed by atoms with Gasteiger partial charge in [-0.25, -0.2) is 14.1 Å². The summed E-state index contributed by atoms with van der Waals surface area (Å²) in [6.07, 6.45) is 3.09. The van der Waals surface area contributed by atoms with Crippen LogP contribution in [0, 0.1) is 5.82 Å². The fourth-order valence-electron chi connectivity index (χ4n) is 2.35. The zero-order chi connectivity index (χ0) is 18.6. The lowest BCUT2D eigenvalue weighted by atomic mass is 10.1. The van der Waals surface area contributed by atoms with E-state index >= 15 is 0 Å². The highest BCUT2D eigenvalue weighted by molar-refractivity contribution is 5.84. The number of hydrogen-bond donors (Lipinski definition) is 1. The zero-order valence-corrected chi connectivity index (χ0v) is 14.5. The number of ether oxygens (including phenoxy) is 1. The topological polar surface area (TPSA) is 69.0 Å². The molecule has 0 radical (unpaired) electrons. The van der Waals surface area contributed by atoms with Gasteiger partial charge >= 0.3 is 0 Å². The van der Waals surface area contributed by atoms with Crippen molar-refractivity contribution in [2.75, 3.05) is 0 Å². The summed E-state index contributed by atoms with van der Waals surface area (Å²) in [6.45, 7) is 3.70. The third kappa shape index (κ3) is 4.24. The molecule has 0 spiro atoms. The van der Waals surface area contributed by atoms with Crippen LogP contribution in [0.5, 0.6) is 5.75 Å². The molecular formula is C19H19FN4O2. The number of carbonyl (C=O) groups excluding carboxylic acids is 1. The molecule has 1 heterocycles. The summed E-state index contributed by atoms with van der Waals surface area (Å²) in [5.41, 5.74) is 0.746. The molecule has 0 aliphatic heterocycles. The fourth-order valence-corrected chi connectivity index (χ4v) is 2.35. The molecule has 1 amide bonds. The Bertz CT molecular complexity index is 860. The Hall–Kier alpha value is -3.22. The van der Waals surface area contributed by atoms with Crippen molar-refractivity contribution in [2.45, 2.75) is 26.0 Å². The second-order valence-corrected chi connectivity index (χ2v) is 6.26. The van der Waals surface area contributed by atoms with Crippen molar-refractivity contribution >= 4 is 5.91 Å². The quantitative estimate of drug-likeness (QED) is 0.739. The molecule has 134 valence electrons. The number of nitrogens with one attached hydrogen (secondary N) is 1. The van der Waals surface area contributed by atoms with Gasteiger partial charge in [0.15, 0.2) is 5.60 Å². The van der Waals surface area contributed by atoms with E-state index in [1.54, 1.807) is 24.9 Å². The maximum absolute atomic E-state index is 13.0. The maximum Gasteiger partial charge on any atom is 0.263 e. The fraction of sp³-hybridized carbons (Fsp3) is 0.211. The van der Waals surface area contributed by atoms with Crippen LogP contribution in [-0.2, 0) is 11.3 Å². The van der Waals surface area contributed by atoms with Crippen LogP contribution in [0.1, 0.15) is 19.4 Å². The van der Waals surface area contributed by atoms with Crippen molar-refractivity contribution < 1.29 is 13.9 Å². The number of amides is 1. The molecule has 3 aromatic rings. The highest BCUT2D eigenvalue weighted by Gasteiger charge is 2.29. The first kappa shape index (κ1) is 17.6. The minimum absolute atomic E-state index is 0.262. The second kappa shape index (κ2) is 7.35. The van der Waals surface area contributed by atoms with E-state index in [1.165, 1.54) is 30.6 Å². The van der Waals surface area contributed by atoms with E-state index in [9.17, 15) is 9.18 Å². The molecule has 0 bridgehead atoms. The Morgan fingerprint density at radius 3 is 2.46 bits per heavy atom. The third-order valence-electron chi connectivity index (χ3n) is 3.81. The Kier molecular flexibility index (Phi) is 4.97. The summed E-state index contributed by atoms with van der Waals surface area (Å²) in [6, 6.07) is 13.2. The number of halogens is 1.